The molecule has 1 fully saturated rings. The highest BCUT2D eigenvalue weighted by Crippen LogP contribution is 2.18. The van der Waals surface area contributed by atoms with Gasteiger partial charge in [-0.2, -0.15) is 0 Å². The van der Waals surface area contributed by atoms with Gasteiger partial charge >= 0.3 is 0 Å². The van der Waals surface area contributed by atoms with Crippen LogP contribution in [-0.4, -0.2) is 49.2 Å². The summed E-state index contributed by atoms with van der Waals surface area (Å²) < 4.78 is 5.53. The molecule has 18 heavy (non-hydrogen) atoms. The van der Waals surface area contributed by atoms with Crippen LogP contribution in [0.4, 0.5) is 5.69 Å². The van der Waals surface area contributed by atoms with Crippen molar-refractivity contribution < 1.29 is 9.66 Å². The lowest BCUT2D eigenvalue weighted by Gasteiger charge is -2.26. The number of ether oxygens (including phenoxy) is 1. The fraction of sp³-hybridized carbons (Fsp3) is 0.500. The Hall–Kier alpha value is -1.66. The Morgan fingerprint density at radius 2 is 2.17 bits per heavy atom. The molecule has 1 heterocycles. The molecule has 1 N–H and O–H groups in total. The summed E-state index contributed by atoms with van der Waals surface area (Å²) in [5.41, 5.74) is 0.0645. The minimum absolute atomic E-state index is 0.0645. The fourth-order valence-corrected chi connectivity index (χ4v) is 1.91. The zero-order valence-corrected chi connectivity index (χ0v) is 10.2. The maximum absolute atomic E-state index is 10.6. The molecule has 0 amide bonds. The third kappa shape index (κ3) is 3.68. The van der Waals surface area contributed by atoms with Gasteiger partial charge in [-0.05, 0) is 6.07 Å². The van der Waals surface area contributed by atoms with Gasteiger partial charge in [0, 0.05) is 38.8 Å². The molecule has 1 saturated heterocycles. The van der Waals surface area contributed by atoms with Crippen LogP contribution in [0.15, 0.2) is 24.3 Å². The van der Waals surface area contributed by atoms with Crippen molar-refractivity contribution in [3.63, 3.8) is 0 Å². The van der Waals surface area contributed by atoms with E-state index in [-0.39, 0.29) is 5.69 Å². The maximum Gasteiger partial charge on any atom is 0.273 e. The molecule has 2 rings (SSSR count). The zero-order valence-electron chi connectivity index (χ0n) is 10.2. The van der Waals surface area contributed by atoms with Crippen LogP contribution in [0.1, 0.15) is 0 Å². The minimum atomic E-state index is -0.414. The van der Waals surface area contributed by atoms with Crippen LogP contribution in [0.3, 0.4) is 0 Å². The second-order valence-electron chi connectivity index (χ2n) is 4.19. The number of piperazine rings is 1. The fourth-order valence-electron chi connectivity index (χ4n) is 1.91. The Labute approximate surface area is 106 Å². The number of nitrogens with zero attached hydrogens (tertiary/aromatic N) is 2. The van der Waals surface area contributed by atoms with Crippen LogP contribution in [0.2, 0.25) is 0 Å². The molecule has 0 unspecified atom stereocenters. The van der Waals surface area contributed by atoms with E-state index in [1.807, 2.05) is 0 Å². The van der Waals surface area contributed by atoms with Crippen molar-refractivity contribution in [2.75, 3.05) is 39.3 Å². The van der Waals surface area contributed by atoms with Gasteiger partial charge in [-0.25, -0.2) is 0 Å². The SMILES string of the molecule is O=[N+]([O-])c1cccc(OCCN2CCNCC2)c1. The highest BCUT2D eigenvalue weighted by molar-refractivity contribution is 5.37. The number of non-ortho nitro benzene ring substituents is 1. The molecule has 0 saturated carbocycles. The van der Waals surface area contributed by atoms with E-state index in [0.717, 1.165) is 32.7 Å². The molecule has 0 bridgehead atoms. The summed E-state index contributed by atoms with van der Waals surface area (Å²) in [5, 5.41) is 13.9. The summed E-state index contributed by atoms with van der Waals surface area (Å²) in [6, 6.07) is 6.30. The van der Waals surface area contributed by atoms with E-state index in [4.69, 9.17) is 4.74 Å². The van der Waals surface area contributed by atoms with Gasteiger partial charge in [-0.3, -0.25) is 15.0 Å². The van der Waals surface area contributed by atoms with Crippen LogP contribution in [0, 0.1) is 10.1 Å². The lowest BCUT2D eigenvalue weighted by atomic mass is 10.3. The van der Waals surface area contributed by atoms with Gasteiger partial charge in [-0.15, -0.1) is 0 Å². The molecule has 0 aromatic heterocycles. The van der Waals surface area contributed by atoms with Crippen molar-refractivity contribution in [1.82, 2.24) is 10.2 Å². The summed E-state index contributed by atoms with van der Waals surface area (Å²) in [5.74, 6) is 0.555. The normalized spacial score (nSPS) is 16.4. The van der Waals surface area contributed by atoms with Crippen molar-refractivity contribution in [2.45, 2.75) is 0 Å². The Balaban J connectivity index is 1.78. The highest BCUT2D eigenvalue weighted by atomic mass is 16.6. The van der Waals surface area contributed by atoms with Gasteiger partial charge in [0.05, 0.1) is 11.0 Å². The maximum atomic E-state index is 10.6. The number of hydrogen-bond donors (Lipinski definition) is 1. The first-order valence-electron chi connectivity index (χ1n) is 6.06. The van der Waals surface area contributed by atoms with E-state index in [9.17, 15) is 10.1 Å². The molecular formula is C12H17N3O3. The first kappa shape index (κ1) is 12.8. The predicted molar refractivity (Wildman–Crippen MR) is 67.9 cm³/mol. The molecule has 0 atom stereocenters. The van der Waals surface area contributed by atoms with Crippen LogP contribution in [0.25, 0.3) is 0 Å². The average molecular weight is 251 g/mol. The molecule has 1 aromatic carbocycles. The number of nitrogens with one attached hydrogen (secondary N) is 1. The van der Waals surface area contributed by atoms with Gasteiger partial charge in [0.1, 0.15) is 12.4 Å². The second kappa shape index (κ2) is 6.32. The quantitative estimate of drug-likeness (QED) is 0.621. The molecule has 0 aliphatic carbocycles. The van der Waals surface area contributed by atoms with Crippen LogP contribution >= 0.6 is 0 Å². The van der Waals surface area contributed by atoms with E-state index in [2.05, 4.69) is 10.2 Å². The van der Waals surface area contributed by atoms with Crippen LogP contribution < -0.4 is 10.1 Å². The number of rotatable bonds is 5. The topological polar surface area (TPSA) is 67.6 Å². The molecule has 6 nitrogen and oxygen atoms in total. The van der Waals surface area contributed by atoms with Crippen LogP contribution in [0.5, 0.6) is 5.75 Å². The summed E-state index contributed by atoms with van der Waals surface area (Å²) in [4.78, 5) is 12.5. The monoisotopic (exact) mass is 251 g/mol. The lowest BCUT2D eigenvalue weighted by molar-refractivity contribution is -0.384. The van der Waals surface area contributed by atoms with E-state index in [1.165, 1.54) is 12.1 Å². The molecule has 98 valence electrons. The molecule has 0 spiro atoms. The standard InChI is InChI=1S/C12H17N3O3/c16-15(17)11-2-1-3-12(10-11)18-9-8-14-6-4-13-5-7-14/h1-3,10,13H,4-9H2. The Morgan fingerprint density at radius 1 is 1.39 bits per heavy atom. The first-order chi connectivity index (χ1) is 8.75. The third-order valence-electron chi connectivity index (χ3n) is 2.91. The Bertz CT molecular complexity index is 405. The van der Waals surface area contributed by atoms with E-state index in [1.54, 1.807) is 12.1 Å². The molecule has 1 aliphatic heterocycles. The first-order valence-corrected chi connectivity index (χ1v) is 6.06. The van der Waals surface area contributed by atoms with Crippen molar-refractivity contribution in [3.05, 3.63) is 34.4 Å². The van der Waals surface area contributed by atoms with Gasteiger partial charge in [0.25, 0.3) is 5.69 Å². The highest BCUT2D eigenvalue weighted by Gasteiger charge is 2.10. The van der Waals surface area contributed by atoms with Crippen molar-refractivity contribution in [1.29, 1.82) is 0 Å². The molecule has 0 radical (unpaired) electrons. The van der Waals surface area contributed by atoms with Crippen molar-refractivity contribution in [2.24, 2.45) is 0 Å². The lowest BCUT2D eigenvalue weighted by Crippen LogP contribution is -2.44. The second-order valence-corrected chi connectivity index (χ2v) is 4.19. The summed E-state index contributed by atoms with van der Waals surface area (Å²) in [6.45, 7) is 5.48. The molecular weight excluding hydrogens is 234 g/mol. The largest absolute Gasteiger partial charge is 0.492 e. The zero-order chi connectivity index (χ0) is 12.8. The van der Waals surface area contributed by atoms with E-state index in [0.29, 0.717) is 12.4 Å². The number of benzene rings is 1. The minimum Gasteiger partial charge on any atom is -0.492 e. The molecule has 6 heteroatoms. The third-order valence-corrected chi connectivity index (χ3v) is 2.91. The molecule has 1 aliphatic rings. The Kier molecular flexibility index (Phi) is 4.49. The Morgan fingerprint density at radius 3 is 2.89 bits per heavy atom. The van der Waals surface area contributed by atoms with E-state index < -0.39 is 4.92 Å². The van der Waals surface area contributed by atoms with Gasteiger partial charge in [0.2, 0.25) is 0 Å². The van der Waals surface area contributed by atoms with Crippen molar-refractivity contribution in [3.8, 4) is 5.75 Å². The predicted octanol–water partition coefficient (Wildman–Crippen LogP) is 0.879. The number of nitro benzene ring substituents is 1. The smallest absolute Gasteiger partial charge is 0.273 e. The van der Waals surface area contributed by atoms with Gasteiger partial charge in [0.15, 0.2) is 0 Å². The van der Waals surface area contributed by atoms with Crippen LogP contribution in [-0.2, 0) is 0 Å². The summed E-state index contributed by atoms with van der Waals surface area (Å²) in [6.07, 6.45) is 0. The summed E-state index contributed by atoms with van der Waals surface area (Å²) in [7, 11) is 0. The van der Waals surface area contributed by atoms with Crippen molar-refractivity contribution >= 4 is 5.69 Å². The van der Waals surface area contributed by atoms with Gasteiger partial charge < -0.3 is 10.1 Å². The van der Waals surface area contributed by atoms with Gasteiger partial charge in [-0.1, -0.05) is 6.07 Å². The number of hydrogen-bond acceptors (Lipinski definition) is 5. The molecule has 1 aromatic rings. The average Bonchev–Trinajstić information content (AvgIpc) is 2.40. The number of nitro groups is 1. The van der Waals surface area contributed by atoms with E-state index >= 15 is 0 Å². The summed E-state index contributed by atoms with van der Waals surface area (Å²) >= 11 is 0.